The number of aliphatic hydroxyl groups is 1. The minimum Gasteiger partial charge on any atom is -0.392 e. The SMILES string of the molecule is CC(O)CNC(=O)N(C)c1cccc(C#N)c1. The van der Waals surface area contributed by atoms with Crippen molar-refractivity contribution in [2.45, 2.75) is 13.0 Å². The molecule has 0 bridgehead atoms. The zero-order chi connectivity index (χ0) is 12.8. The van der Waals surface area contributed by atoms with E-state index in [1.54, 1.807) is 38.2 Å². The van der Waals surface area contributed by atoms with E-state index in [4.69, 9.17) is 10.4 Å². The third-order valence-corrected chi connectivity index (χ3v) is 2.22. The highest BCUT2D eigenvalue weighted by Crippen LogP contribution is 2.14. The first-order chi connectivity index (χ1) is 8.04. The van der Waals surface area contributed by atoms with Crippen LogP contribution in [-0.4, -0.2) is 30.8 Å². The van der Waals surface area contributed by atoms with Gasteiger partial charge in [0.2, 0.25) is 0 Å². The van der Waals surface area contributed by atoms with Crippen molar-refractivity contribution >= 4 is 11.7 Å². The maximum Gasteiger partial charge on any atom is 0.321 e. The van der Waals surface area contributed by atoms with E-state index < -0.39 is 6.10 Å². The molecule has 0 radical (unpaired) electrons. The van der Waals surface area contributed by atoms with Crippen LogP contribution in [0, 0.1) is 11.3 Å². The van der Waals surface area contributed by atoms with Gasteiger partial charge in [-0.1, -0.05) is 6.07 Å². The predicted molar refractivity (Wildman–Crippen MR) is 64.6 cm³/mol. The average Bonchev–Trinajstić information content (AvgIpc) is 2.35. The Bertz CT molecular complexity index is 438. The first-order valence-corrected chi connectivity index (χ1v) is 5.24. The number of amides is 2. The summed E-state index contributed by atoms with van der Waals surface area (Å²) in [5.74, 6) is 0. The Morgan fingerprint density at radius 1 is 1.65 bits per heavy atom. The first kappa shape index (κ1) is 13.0. The summed E-state index contributed by atoms with van der Waals surface area (Å²) >= 11 is 0. The lowest BCUT2D eigenvalue weighted by molar-refractivity contribution is 0.189. The Hall–Kier alpha value is -2.06. The van der Waals surface area contributed by atoms with Gasteiger partial charge in [0.05, 0.1) is 17.7 Å². The van der Waals surface area contributed by atoms with Crippen LogP contribution in [0.2, 0.25) is 0 Å². The highest BCUT2D eigenvalue weighted by molar-refractivity contribution is 5.91. The van der Waals surface area contributed by atoms with Gasteiger partial charge in [-0.25, -0.2) is 4.79 Å². The van der Waals surface area contributed by atoms with Crippen molar-refractivity contribution in [3.05, 3.63) is 29.8 Å². The van der Waals surface area contributed by atoms with Crippen molar-refractivity contribution < 1.29 is 9.90 Å². The monoisotopic (exact) mass is 233 g/mol. The number of nitrogens with one attached hydrogen (secondary N) is 1. The number of carbonyl (C=O) groups is 1. The van der Waals surface area contributed by atoms with Gasteiger partial charge in [-0.05, 0) is 25.1 Å². The van der Waals surface area contributed by atoms with E-state index >= 15 is 0 Å². The van der Waals surface area contributed by atoms with Crippen molar-refractivity contribution in [3.8, 4) is 6.07 Å². The van der Waals surface area contributed by atoms with E-state index in [1.165, 1.54) is 4.90 Å². The van der Waals surface area contributed by atoms with Crippen LogP contribution < -0.4 is 10.2 Å². The van der Waals surface area contributed by atoms with Crippen LogP contribution >= 0.6 is 0 Å². The fourth-order valence-corrected chi connectivity index (χ4v) is 1.25. The highest BCUT2D eigenvalue weighted by atomic mass is 16.3. The summed E-state index contributed by atoms with van der Waals surface area (Å²) in [6, 6.07) is 8.45. The number of hydrogen-bond acceptors (Lipinski definition) is 3. The summed E-state index contributed by atoms with van der Waals surface area (Å²) < 4.78 is 0. The minimum atomic E-state index is -0.585. The lowest BCUT2D eigenvalue weighted by Crippen LogP contribution is -2.40. The molecule has 0 heterocycles. The van der Waals surface area contributed by atoms with E-state index in [0.29, 0.717) is 11.3 Å². The van der Waals surface area contributed by atoms with Gasteiger partial charge in [0.25, 0.3) is 0 Å². The molecule has 0 saturated heterocycles. The van der Waals surface area contributed by atoms with Gasteiger partial charge >= 0.3 is 6.03 Å². The van der Waals surface area contributed by atoms with E-state index in [1.807, 2.05) is 6.07 Å². The molecule has 1 unspecified atom stereocenters. The summed E-state index contributed by atoms with van der Waals surface area (Å²) in [6.45, 7) is 1.79. The van der Waals surface area contributed by atoms with Crippen LogP contribution in [0.15, 0.2) is 24.3 Å². The molecule has 0 spiro atoms. The fraction of sp³-hybridized carbons (Fsp3) is 0.333. The summed E-state index contributed by atoms with van der Waals surface area (Å²) in [5.41, 5.74) is 1.13. The van der Waals surface area contributed by atoms with Gasteiger partial charge in [0, 0.05) is 19.3 Å². The van der Waals surface area contributed by atoms with E-state index in [2.05, 4.69) is 5.32 Å². The largest absolute Gasteiger partial charge is 0.392 e. The molecule has 2 amide bonds. The molecule has 1 aromatic rings. The molecule has 0 aromatic heterocycles. The van der Waals surface area contributed by atoms with Gasteiger partial charge in [-0.2, -0.15) is 5.26 Å². The second-order valence-corrected chi connectivity index (χ2v) is 3.76. The maximum atomic E-state index is 11.7. The molecule has 0 aliphatic rings. The number of rotatable bonds is 3. The second-order valence-electron chi connectivity index (χ2n) is 3.76. The number of urea groups is 1. The molecular formula is C12H15N3O2. The predicted octanol–water partition coefficient (Wildman–Crippen LogP) is 1.08. The van der Waals surface area contributed by atoms with Crippen molar-refractivity contribution in [1.29, 1.82) is 5.26 Å². The molecule has 5 heteroatoms. The van der Waals surface area contributed by atoms with Crippen LogP contribution in [-0.2, 0) is 0 Å². The van der Waals surface area contributed by atoms with Gasteiger partial charge < -0.3 is 10.4 Å². The summed E-state index contributed by atoms with van der Waals surface area (Å²) in [5, 5.41) is 20.4. The zero-order valence-corrected chi connectivity index (χ0v) is 9.84. The van der Waals surface area contributed by atoms with Gasteiger partial charge in [0.15, 0.2) is 0 Å². The normalized spacial score (nSPS) is 11.4. The van der Waals surface area contributed by atoms with E-state index in [0.717, 1.165) is 0 Å². The third kappa shape index (κ3) is 3.78. The molecule has 17 heavy (non-hydrogen) atoms. The van der Waals surface area contributed by atoms with Crippen molar-refractivity contribution in [3.63, 3.8) is 0 Å². The van der Waals surface area contributed by atoms with Crippen LogP contribution in [0.1, 0.15) is 12.5 Å². The molecule has 1 atom stereocenters. The number of nitriles is 1. The number of aliphatic hydroxyl groups excluding tert-OH is 1. The Balaban J connectivity index is 2.71. The standard InChI is InChI=1S/C12H15N3O2/c1-9(16)8-14-12(17)15(2)11-5-3-4-10(6-11)7-13/h3-6,9,16H,8H2,1-2H3,(H,14,17). The molecular weight excluding hydrogens is 218 g/mol. The van der Waals surface area contributed by atoms with Crippen molar-refractivity contribution in [2.24, 2.45) is 0 Å². The topological polar surface area (TPSA) is 76.4 Å². The van der Waals surface area contributed by atoms with Crippen LogP contribution in [0.25, 0.3) is 0 Å². The van der Waals surface area contributed by atoms with Crippen LogP contribution in [0.4, 0.5) is 10.5 Å². The Morgan fingerprint density at radius 3 is 2.94 bits per heavy atom. The van der Waals surface area contributed by atoms with Crippen LogP contribution in [0.5, 0.6) is 0 Å². The molecule has 0 aliphatic carbocycles. The van der Waals surface area contributed by atoms with Gasteiger partial charge in [-0.3, -0.25) is 4.90 Å². The summed E-state index contributed by atoms with van der Waals surface area (Å²) in [4.78, 5) is 13.1. The van der Waals surface area contributed by atoms with Gasteiger partial charge in [-0.15, -0.1) is 0 Å². The highest BCUT2D eigenvalue weighted by Gasteiger charge is 2.11. The first-order valence-electron chi connectivity index (χ1n) is 5.24. The Morgan fingerprint density at radius 2 is 2.35 bits per heavy atom. The number of nitrogens with zero attached hydrogens (tertiary/aromatic N) is 2. The number of anilines is 1. The van der Waals surface area contributed by atoms with Gasteiger partial charge in [0.1, 0.15) is 0 Å². The lowest BCUT2D eigenvalue weighted by Gasteiger charge is -2.18. The molecule has 0 aliphatic heterocycles. The minimum absolute atomic E-state index is 0.196. The molecule has 5 nitrogen and oxygen atoms in total. The number of hydrogen-bond donors (Lipinski definition) is 2. The Labute approximate surface area is 100 Å². The molecule has 0 saturated carbocycles. The third-order valence-electron chi connectivity index (χ3n) is 2.22. The van der Waals surface area contributed by atoms with E-state index in [-0.39, 0.29) is 12.6 Å². The summed E-state index contributed by atoms with van der Waals surface area (Å²) in [7, 11) is 1.61. The lowest BCUT2D eigenvalue weighted by atomic mass is 10.2. The molecule has 2 N–H and O–H groups in total. The second kappa shape index (κ2) is 5.87. The zero-order valence-electron chi connectivity index (χ0n) is 9.84. The molecule has 0 fully saturated rings. The van der Waals surface area contributed by atoms with Crippen molar-refractivity contribution in [2.75, 3.05) is 18.5 Å². The van der Waals surface area contributed by atoms with Crippen molar-refractivity contribution in [1.82, 2.24) is 5.32 Å². The molecule has 1 aromatic carbocycles. The van der Waals surface area contributed by atoms with E-state index in [9.17, 15) is 4.79 Å². The molecule has 90 valence electrons. The average molecular weight is 233 g/mol. The maximum absolute atomic E-state index is 11.7. The number of carbonyl (C=O) groups excluding carboxylic acids is 1. The van der Waals surface area contributed by atoms with Crippen LogP contribution in [0.3, 0.4) is 0 Å². The fourth-order valence-electron chi connectivity index (χ4n) is 1.25. The quantitative estimate of drug-likeness (QED) is 0.820. The smallest absolute Gasteiger partial charge is 0.321 e. The molecule has 1 rings (SSSR count). The Kier molecular flexibility index (Phi) is 4.49. The summed E-state index contributed by atoms with van der Waals surface area (Å²) in [6.07, 6.45) is -0.585. The number of benzene rings is 1.